The lowest BCUT2D eigenvalue weighted by molar-refractivity contribution is -0.274. The van der Waals surface area contributed by atoms with Crippen molar-refractivity contribution in [1.29, 1.82) is 0 Å². The summed E-state index contributed by atoms with van der Waals surface area (Å²) < 4.78 is 46.0. The van der Waals surface area contributed by atoms with Gasteiger partial charge in [-0.2, -0.15) is 0 Å². The highest BCUT2D eigenvalue weighted by molar-refractivity contribution is 5.70. The van der Waals surface area contributed by atoms with E-state index in [2.05, 4.69) is 10.8 Å². The maximum absolute atomic E-state index is 12.3. The molecule has 0 fully saturated rings. The van der Waals surface area contributed by atoms with E-state index >= 15 is 0 Å². The molecule has 5 heteroatoms. The molecular formula is C14H10F3O2. The molecule has 2 aromatic rings. The molecule has 2 rings (SSSR count). The first-order chi connectivity index (χ1) is 8.99. The number of halogens is 3. The van der Waals surface area contributed by atoms with Gasteiger partial charge in [0.15, 0.2) is 0 Å². The third kappa shape index (κ3) is 3.40. The summed E-state index contributed by atoms with van der Waals surface area (Å²) in [5.74, 6) is 0.260. The zero-order valence-corrected chi connectivity index (χ0v) is 9.99. The Morgan fingerprint density at radius 3 is 2.58 bits per heavy atom. The first-order valence-electron chi connectivity index (χ1n) is 5.40. The molecule has 0 aliphatic carbocycles. The second-order valence-corrected chi connectivity index (χ2v) is 3.69. The van der Waals surface area contributed by atoms with Gasteiger partial charge in [0.1, 0.15) is 11.5 Å². The van der Waals surface area contributed by atoms with E-state index in [4.69, 9.17) is 4.74 Å². The summed E-state index contributed by atoms with van der Waals surface area (Å²) in [6.07, 6.45) is -4.73. The van der Waals surface area contributed by atoms with Crippen LogP contribution in [0.2, 0.25) is 0 Å². The van der Waals surface area contributed by atoms with E-state index in [1.54, 1.807) is 24.3 Å². The Labute approximate surface area is 108 Å². The van der Waals surface area contributed by atoms with Crippen molar-refractivity contribution in [2.75, 3.05) is 7.11 Å². The van der Waals surface area contributed by atoms with Gasteiger partial charge in [-0.1, -0.05) is 24.3 Å². The molecule has 0 aliphatic heterocycles. The van der Waals surface area contributed by atoms with Gasteiger partial charge in [-0.05, 0) is 29.8 Å². The van der Waals surface area contributed by atoms with Crippen LogP contribution in [-0.4, -0.2) is 13.5 Å². The summed E-state index contributed by atoms with van der Waals surface area (Å²) >= 11 is 0. The van der Waals surface area contributed by atoms with E-state index in [9.17, 15) is 13.2 Å². The Morgan fingerprint density at radius 1 is 1.11 bits per heavy atom. The topological polar surface area (TPSA) is 18.5 Å². The Kier molecular flexibility index (Phi) is 3.64. The van der Waals surface area contributed by atoms with E-state index in [0.29, 0.717) is 11.3 Å². The van der Waals surface area contributed by atoms with E-state index < -0.39 is 6.36 Å². The number of hydrogen-bond donors (Lipinski definition) is 0. The molecule has 0 spiro atoms. The van der Waals surface area contributed by atoms with Crippen LogP contribution in [-0.2, 0) is 0 Å². The fourth-order valence-corrected chi connectivity index (χ4v) is 1.64. The zero-order valence-electron chi connectivity index (χ0n) is 9.99. The largest absolute Gasteiger partial charge is 0.573 e. The van der Waals surface area contributed by atoms with Gasteiger partial charge in [-0.15, -0.1) is 13.2 Å². The molecule has 2 aromatic carbocycles. The molecule has 0 aliphatic rings. The fraction of sp³-hybridized carbons (Fsp3) is 0.143. The highest BCUT2D eigenvalue weighted by atomic mass is 19.4. The maximum Gasteiger partial charge on any atom is 0.573 e. The molecular weight excluding hydrogens is 257 g/mol. The predicted molar refractivity (Wildman–Crippen MR) is 63.9 cm³/mol. The summed E-state index contributed by atoms with van der Waals surface area (Å²) in [5.41, 5.74) is 0.776. The van der Waals surface area contributed by atoms with Crippen LogP contribution in [0.5, 0.6) is 11.5 Å². The van der Waals surface area contributed by atoms with Gasteiger partial charge in [-0.3, -0.25) is 0 Å². The zero-order chi connectivity index (χ0) is 13.9. The summed E-state index contributed by atoms with van der Waals surface area (Å²) in [4.78, 5) is 0. The molecule has 0 saturated carbocycles. The third-order valence-corrected chi connectivity index (χ3v) is 2.40. The average Bonchev–Trinajstić information content (AvgIpc) is 2.37. The summed E-state index contributed by atoms with van der Waals surface area (Å²) in [6.45, 7) is 0. The minimum absolute atomic E-state index is 0.235. The Hall–Kier alpha value is -2.17. The van der Waals surface area contributed by atoms with E-state index in [1.165, 1.54) is 25.3 Å². The SMILES string of the molecule is COc1cccc(-c2[c]cccc2OC(F)(F)F)c1. The number of ether oxygens (including phenoxy) is 2. The van der Waals surface area contributed by atoms with Crippen molar-refractivity contribution in [3.05, 3.63) is 48.5 Å². The van der Waals surface area contributed by atoms with Gasteiger partial charge in [0.25, 0.3) is 0 Å². The summed E-state index contributed by atoms with van der Waals surface area (Å²) in [7, 11) is 1.49. The van der Waals surface area contributed by atoms with Crippen LogP contribution in [0.3, 0.4) is 0 Å². The maximum atomic E-state index is 12.3. The summed E-state index contributed by atoms with van der Waals surface area (Å²) in [5, 5.41) is 0. The Balaban J connectivity index is 2.44. The van der Waals surface area contributed by atoms with Gasteiger partial charge in [0.2, 0.25) is 0 Å². The fourth-order valence-electron chi connectivity index (χ4n) is 1.64. The van der Waals surface area contributed by atoms with Crippen molar-refractivity contribution in [3.8, 4) is 22.6 Å². The van der Waals surface area contributed by atoms with Crippen molar-refractivity contribution in [3.63, 3.8) is 0 Å². The van der Waals surface area contributed by atoms with Gasteiger partial charge < -0.3 is 9.47 Å². The lowest BCUT2D eigenvalue weighted by Crippen LogP contribution is -2.17. The molecule has 99 valence electrons. The van der Waals surface area contributed by atoms with Gasteiger partial charge in [0, 0.05) is 5.56 Å². The van der Waals surface area contributed by atoms with Crippen molar-refractivity contribution < 1.29 is 22.6 Å². The van der Waals surface area contributed by atoms with E-state index in [0.717, 1.165) is 0 Å². The first kappa shape index (κ1) is 13.3. The lowest BCUT2D eigenvalue weighted by atomic mass is 10.0. The molecule has 0 N–H and O–H groups in total. The van der Waals surface area contributed by atoms with Crippen LogP contribution in [0, 0.1) is 6.07 Å². The second kappa shape index (κ2) is 5.22. The number of hydrogen-bond acceptors (Lipinski definition) is 2. The van der Waals surface area contributed by atoms with Crippen LogP contribution in [0.1, 0.15) is 0 Å². The molecule has 0 heterocycles. The monoisotopic (exact) mass is 267 g/mol. The third-order valence-electron chi connectivity index (χ3n) is 2.40. The van der Waals surface area contributed by atoms with Crippen LogP contribution in [0.4, 0.5) is 13.2 Å². The molecule has 0 amide bonds. The highest BCUT2D eigenvalue weighted by Gasteiger charge is 2.32. The van der Waals surface area contributed by atoms with Crippen molar-refractivity contribution in [2.45, 2.75) is 6.36 Å². The molecule has 2 nitrogen and oxygen atoms in total. The smallest absolute Gasteiger partial charge is 0.497 e. The lowest BCUT2D eigenvalue weighted by Gasteiger charge is -2.13. The van der Waals surface area contributed by atoms with Crippen LogP contribution in [0.25, 0.3) is 11.1 Å². The van der Waals surface area contributed by atoms with E-state index in [1.807, 2.05) is 0 Å². The standard InChI is InChI=1S/C14H10F3O2/c1-18-11-6-4-5-10(9-11)12-7-2-3-8-13(12)19-14(15,16)17/h2-6,8-9H,1H3. The second-order valence-electron chi connectivity index (χ2n) is 3.69. The summed E-state index contributed by atoms with van der Waals surface area (Å²) in [6, 6.07) is 13.6. The van der Waals surface area contributed by atoms with Crippen LogP contribution < -0.4 is 9.47 Å². The number of alkyl halides is 3. The molecule has 0 saturated heterocycles. The number of rotatable bonds is 3. The first-order valence-corrected chi connectivity index (χ1v) is 5.40. The molecule has 19 heavy (non-hydrogen) atoms. The van der Waals surface area contributed by atoms with Gasteiger partial charge in [0.05, 0.1) is 7.11 Å². The van der Waals surface area contributed by atoms with Crippen LogP contribution in [0.15, 0.2) is 42.5 Å². The molecule has 0 bridgehead atoms. The predicted octanol–water partition coefficient (Wildman–Crippen LogP) is 4.06. The molecule has 1 radical (unpaired) electrons. The molecule has 0 aromatic heterocycles. The quantitative estimate of drug-likeness (QED) is 0.834. The minimum Gasteiger partial charge on any atom is -0.497 e. The molecule has 0 atom stereocenters. The van der Waals surface area contributed by atoms with E-state index in [-0.39, 0.29) is 11.3 Å². The van der Waals surface area contributed by atoms with Gasteiger partial charge in [-0.25, -0.2) is 0 Å². The van der Waals surface area contributed by atoms with Crippen molar-refractivity contribution in [1.82, 2.24) is 0 Å². The van der Waals surface area contributed by atoms with Crippen molar-refractivity contribution >= 4 is 0 Å². The number of benzene rings is 2. The van der Waals surface area contributed by atoms with Gasteiger partial charge >= 0.3 is 6.36 Å². The Morgan fingerprint density at radius 2 is 1.89 bits per heavy atom. The van der Waals surface area contributed by atoms with Crippen LogP contribution >= 0.6 is 0 Å². The average molecular weight is 267 g/mol. The normalized spacial score (nSPS) is 11.2. The minimum atomic E-state index is -4.73. The number of methoxy groups -OCH3 is 1. The Bertz CT molecular complexity index is 565. The highest BCUT2D eigenvalue weighted by Crippen LogP contribution is 2.34. The molecule has 0 unspecified atom stereocenters. The van der Waals surface area contributed by atoms with Crippen molar-refractivity contribution in [2.24, 2.45) is 0 Å².